The van der Waals surface area contributed by atoms with Crippen LogP contribution in [0.2, 0.25) is 5.02 Å². The molecule has 0 saturated heterocycles. The van der Waals surface area contributed by atoms with Gasteiger partial charge in [-0.25, -0.2) is 4.98 Å². The van der Waals surface area contributed by atoms with Crippen LogP contribution >= 0.6 is 11.6 Å². The second-order valence-electron chi connectivity index (χ2n) is 10.8. The summed E-state index contributed by atoms with van der Waals surface area (Å²) in [6.45, 7) is 6.44. The van der Waals surface area contributed by atoms with E-state index in [-0.39, 0.29) is 17.6 Å². The van der Waals surface area contributed by atoms with E-state index < -0.39 is 6.04 Å². The van der Waals surface area contributed by atoms with Crippen molar-refractivity contribution in [2.24, 2.45) is 5.92 Å². The van der Waals surface area contributed by atoms with Crippen molar-refractivity contribution in [3.8, 4) is 11.4 Å². The molecule has 7 heteroatoms. The molecule has 5 rings (SSSR count). The van der Waals surface area contributed by atoms with Crippen LogP contribution in [-0.2, 0) is 0 Å². The molecule has 4 aromatic rings. The summed E-state index contributed by atoms with van der Waals surface area (Å²) < 4.78 is 7.49. The maximum atomic E-state index is 14.2. The Kier molecular flexibility index (Phi) is 9.23. The molecule has 216 valence electrons. The van der Waals surface area contributed by atoms with E-state index in [1.54, 1.807) is 22.8 Å². The maximum Gasteiger partial charge on any atom is 0.266 e. The van der Waals surface area contributed by atoms with Gasteiger partial charge in [0.2, 0.25) is 0 Å². The van der Waals surface area contributed by atoms with Gasteiger partial charge < -0.3 is 9.64 Å². The number of para-hydroxylation sites is 1. The van der Waals surface area contributed by atoms with Gasteiger partial charge >= 0.3 is 0 Å². The van der Waals surface area contributed by atoms with Crippen LogP contribution in [0.15, 0.2) is 102 Å². The predicted molar refractivity (Wildman–Crippen MR) is 170 cm³/mol. The zero-order valence-electron chi connectivity index (χ0n) is 24.2. The third-order valence-electron chi connectivity index (χ3n) is 7.50. The zero-order valence-corrected chi connectivity index (χ0v) is 25.0. The fourth-order valence-corrected chi connectivity index (χ4v) is 5.67. The number of halogens is 1. The summed E-state index contributed by atoms with van der Waals surface area (Å²) in [5, 5.41) is 0.911. The third-order valence-corrected chi connectivity index (χ3v) is 7.83. The largest absolute Gasteiger partial charge is 0.491 e. The minimum atomic E-state index is -0.485. The van der Waals surface area contributed by atoms with Crippen LogP contribution in [0, 0.1) is 5.92 Å². The molecule has 2 unspecified atom stereocenters. The van der Waals surface area contributed by atoms with Gasteiger partial charge in [0, 0.05) is 6.54 Å². The lowest BCUT2D eigenvalue weighted by molar-refractivity contribution is 0.0649. The number of fused-ring (bicyclic) bond motifs is 1. The van der Waals surface area contributed by atoms with Crippen LogP contribution in [0.1, 0.15) is 62.3 Å². The molecule has 0 aliphatic heterocycles. The molecule has 1 aliphatic carbocycles. The first-order valence-corrected chi connectivity index (χ1v) is 14.9. The summed E-state index contributed by atoms with van der Waals surface area (Å²) in [5.41, 5.74) is 1.50. The quantitative estimate of drug-likeness (QED) is 0.191. The molecule has 42 heavy (non-hydrogen) atoms. The van der Waals surface area contributed by atoms with Crippen molar-refractivity contribution in [3.63, 3.8) is 0 Å². The predicted octanol–water partition coefficient (Wildman–Crippen LogP) is 7.94. The van der Waals surface area contributed by atoms with Gasteiger partial charge in [0.25, 0.3) is 11.5 Å². The number of nitrogens with zero attached hydrogens (tertiary/aromatic N) is 3. The number of carbonyl (C=O) groups excluding carboxylic acids is 1. The summed E-state index contributed by atoms with van der Waals surface area (Å²) in [6.07, 6.45) is 10.7. The minimum absolute atomic E-state index is 0.0276. The first-order valence-electron chi connectivity index (χ1n) is 14.5. The molecule has 0 spiro atoms. The van der Waals surface area contributed by atoms with Crippen LogP contribution in [0.5, 0.6) is 5.75 Å². The number of rotatable bonds is 10. The third kappa shape index (κ3) is 6.34. The molecule has 0 fully saturated rings. The molecule has 3 aromatic carbocycles. The van der Waals surface area contributed by atoms with Crippen molar-refractivity contribution in [2.75, 3.05) is 6.54 Å². The van der Waals surface area contributed by atoms with E-state index >= 15 is 0 Å². The molecular formula is C35H36ClN3O3. The highest BCUT2D eigenvalue weighted by atomic mass is 35.5. The van der Waals surface area contributed by atoms with E-state index in [0.29, 0.717) is 57.6 Å². The average molecular weight is 582 g/mol. The van der Waals surface area contributed by atoms with E-state index in [0.717, 1.165) is 12.8 Å². The summed E-state index contributed by atoms with van der Waals surface area (Å²) in [7, 11) is 0. The number of benzene rings is 3. The molecule has 1 aromatic heterocycles. The van der Waals surface area contributed by atoms with E-state index in [2.05, 4.69) is 18.2 Å². The molecule has 1 amide bonds. The Morgan fingerprint density at radius 2 is 1.79 bits per heavy atom. The van der Waals surface area contributed by atoms with E-state index in [4.69, 9.17) is 21.3 Å². The Labute approximate surface area is 251 Å². The van der Waals surface area contributed by atoms with Gasteiger partial charge in [-0.05, 0) is 87.6 Å². The maximum absolute atomic E-state index is 14.2. The Morgan fingerprint density at radius 1 is 1.05 bits per heavy atom. The fraction of sp³-hybridized carbons (Fsp3) is 0.286. The number of hydrogen-bond acceptors (Lipinski definition) is 4. The lowest BCUT2D eigenvalue weighted by Gasteiger charge is -2.33. The summed E-state index contributed by atoms with van der Waals surface area (Å²) in [5.74, 6) is 1.36. The molecular weight excluding hydrogens is 546 g/mol. The number of ether oxygens (including phenoxy) is 1. The van der Waals surface area contributed by atoms with Crippen LogP contribution in [-0.4, -0.2) is 33.0 Å². The molecule has 6 nitrogen and oxygen atoms in total. The molecule has 0 N–H and O–H groups in total. The lowest BCUT2D eigenvalue weighted by atomic mass is 9.96. The van der Waals surface area contributed by atoms with Gasteiger partial charge in [-0.2, -0.15) is 0 Å². The first kappa shape index (κ1) is 29.3. The van der Waals surface area contributed by atoms with Crippen LogP contribution < -0.4 is 10.3 Å². The number of carbonyl (C=O) groups is 1. The average Bonchev–Trinajstić information content (AvgIpc) is 3.00. The zero-order chi connectivity index (χ0) is 29.6. The highest BCUT2D eigenvalue weighted by molar-refractivity contribution is 6.33. The molecule has 2 atom stereocenters. The Bertz CT molecular complexity index is 1670. The number of allylic oxidation sites excluding steroid dienone is 4. The smallest absolute Gasteiger partial charge is 0.266 e. The van der Waals surface area contributed by atoms with Crippen LogP contribution in [0.4, 0.5) is 0 Å². The van der Waals surface area contributed by atoms with E-state index in [1.165, 1.54) is 0 Å². The standard InChI is InChI=1S/C35H36ClN3O3/c1-4-32(38(23-22-25-12-6-5-7-13-25)34(40)28-14-8-10-16-30(28)36)33-37-31-17-11-9-15-29(31)35(41)39(33)26-18-20-27(21-19-26)42-24(2)3/h5-12,14-21,24-25,32H,4,13,22-23H2,1-3H3. The van der Waals surface area contributed by atoms with Gasteiger partial charge in [-0.3, -0.25) is 14.2 Å². The van der Waals surface area contributed by atoms with Crippen LogP contribution in [0.3, 0.4) is 0 Å². The Balaban J connectivity index is 1.65. The second-order valence-corrected chi connectivity index (χ2v) is 11.2. The number of hydrogen-bond donors (Lipinski definition) is 0. The highest BCUT2D eigenvalue weighted by Crippen LogP contribution is 2.31. The van der Waals surface area contributed by atoms with E-state index in [1.807, 2.05) is 86.3 Å². The number of amides is 1. The highest BCUT2D eigenvalue weighted by Gasteiger charge is 2.31. The van der Waals surface area contributed by atoms with Crippen molar-refractivity contribution < 1.29 is 9.53 Å². The van der Waals surface area contributed by atoms with Crippen molar-refractivity contribution in [1.82, 2.24) is 14.5 Å². The van der Waals surface area contributed by atoms with E-state index in [9.17, 15) is 9.59 Å². The summed E-state index contributed by atoms with van der Waals surface area (Å²) >= 11 is 6.54. The normalized spacial score (nSPS) is 15.2. The van der Waals surface area contributed by atoms with Gasteiger partial charge in [0.1, 0.15) is 11.6 Å². The molecule has 1 aliphatic rings. The summed E-state index contributed by atoms with van der Waals surface area (Å²) in [6, 6.07) is 21.4. The fourth-order valence-electron chi connectivity index (χ4n) is 5.45. The molecule has 0 saturated carbocycles. The van der Waals surface area contributed by atoms with Crippen molar-refractivity contribution in [1.29, 1.82) is 0 Å². The summed E-state index contributed by atoms with van der Waals surface area (Å²) in [4.78, 5) is 35.2. The topological polar surface area (TPSA) is 64.4 Å². The van der Waals surface area contributed by atoms with Gasteiger partial charge in [-0.15, -0.1) is 0 Å². The number of aromatic nitrogens is 2. The van der Waals surface area contributed by atoms with Gasteiger partial charge in [-0.1, -0.05) is 67.1 Å². The Morgan fingerprint density at radius 3 is 2.48 bits per heavy atom. The minimum Gasteiger partial charge on any atom is -0.491 e. The monoisotopic (exact) mass is 581 g/mol. The van der Waals surface area contributed by atoms with Gasteiger partial charge in [0.15, 0.2) is 0 Å². The SMILES string of the molecule is CCC(c1nc2ccccc2c(=O)n1-c1ccc(OC(C)C)cc1)N(CCC1C=CC=CC1)C(=O)c1ccccc1Cl. The van der Waals surface area contributed by atoms with Crippen molar-refractivity contribution in [2.45, 2.75) is 52.2 Å². The van der Waals surface area contributed by atoms with Crippen molar-refractivity contribution >= 4 is 28.4 Å². The van der Waals surface area contributed by atoms with Crippen molar-refractivity contribution in [3.05, 3.63) is 124 Å². The first-order chi connectivity index (χ1) is 20.4. The Hall–Kier alpha value is -4.16. The molecule has 1 heterocycles. The van der Waals surface area contributed by atoms with Crippen LogP contribution in [0.25, 0.3) is 16.6 Å². The van der Waals surface area contributed by atoms with Gasteiger partial charge in [0.05, 0.1) is 39.3 Å². The molecule has 0 radical (unpaired) electrons. The molecule has 0 bridgehead atoms. The lowest BCUT2D eigenvalue weighted by Crippen LogP contribution is -2.39. The second kappa shape index (κ2) is 13.2.